The highest BCUT2D eigenvalue weighted by Gasteiger charge is 2.52. The number of carbonyl (C=O) groups is 1. The lowest BCUT2D eigenvalue weighted by molar-refractivity contribution is -0.342. The van der Waals surface area contributed by atoms with Gasteiger partial charge in [-0.1, -0.05) is 101 Å². The predicted octanol–water partition coefficient (Wildman–Crippen LogP) is 5.00. The highest BCUT2D eigenvalue weighted by Crippen LogP contribution is 2.38. The number of ether oxygens (including phenoxy) is 5. The van der Waals surface area contributed by atoms with Gasteiger partial charge < -0.3 is 23.7 Å². The Morgan fingerprint density at radius 3 is 2.41 bits per heavy atom. The third-order valence-corrected chi connectivity index (χ3v) is 5.77. The minimum Gasteiger partial charge on any atom is -0.432 e. The van der Waals surface area contributed by atoms with Gasteiger partial charge in [-0.3, -0.25) is 0 Å². The lowest BCUT2D eigenvalue weighted by Gasteiger charge is -2.47. The van der Waals surface area contributed by atoms with Crippen molar-refractivity contribution in [1.82, 2.24) is 0 Å². The van der Waals surface area contributed by atoms with E-state index in [9.17, 15) is 10.3 Å². The molecule has 2 fully saturated rings. The zero-order valence-electron chi connectivity index (χ0n) is 17.6. The van der Waals surface area contributed by atoms with Crippen LogP contribution < -0.4 is 0 Å². The topological polar surface area (TPSA) is 112 Å². The summed E-state index contributed by atoms with van der Waals surface area (Å²) in [4.78, 5) is 15.1. The number of hydrogen-bond donors (Lipinski definition) is 0. The number of azide groups is 1. The van der Waals surface area contributed by atoms with E-state index in [1.165, 1.54) is 0 Å². The molecule has 6 atom stereocenters. The largest absolute Gasteiger partial charge is 0.432 e. The normalized spacial score (nSPS) is 28.9. The Kier molecular flexibility index (Phi) is 8.18. The summed E-state index contributed by atoms with van der Waals surface area (Å²) in [6.45, 7) is 0.276. The van der Waals surface area contributed by atoms with Gasteiger partial charge in [-0.05, 0) is 11.1 Å². The minimum atomic E-state index is -2.35. The second-order valence-corrected chi connectivity index (χ2v) is 9.86. The van der Waals surface area contributed by atoms with Gasteiger partial charge in [0.15, 0.2) is 6.29 Å². The molecule has 4 rings (SSSR count). The molecule has 0 aromatic heterocycles. The fourth-order valence-electron chi connectivity index (χ4n) is 3.75. The molecular formula is C22H20Cl3N3O6. The van der Waals surface area contributed by atoms with E-state index in [2.05, 4.69) is 10.0 Å². The first-order chi connectivity index (χ1) is 16.4. The van der Waals surface area contributed by atoms with Crippen molar-refractivity contribution in [3.63, 3.8) is 0 Å². The van der Waals surface area contributed by atoms with E-state index in [4.69, 9.17) is 58.5 Å². The van der Waals surface area contributed by atoms with Crippen molar-refractivity contribution >= 4 is 40.8 Å². The third-order valence-electron chi connectivity index (χ3n) is 5.30. The predicted molar refractivity (Wildman–Crippen MR) is 123 cm³/mol. The van der Waals surface area contributed by atoms with E-state index >= 15 is 0 Å². The van der Waals surface area contributed by atoms with Gasteiger partial charge >= 0.3 is 5.97 Å². The van der Waals surface area contributed by atoms with Crippen molar-refractivity contribution in [3.8, 4) is 0 Å². The van der Waals surface area contributed by atoms with Crippen molar-refractivity contribution in [1.29, 1.82) is 0 Å². The number of benzene rings is 2. The van der Waals surface area contributed by atoms with Crippen LogP contribution in [0.15, 0.2) is 65.8 Å². The van der Waals surface area contributed by atoms with Crippen LogP contribution in [0.25, 0.3) is 10.4 Å². The number of esters is 1. The third kappa shape index (κ3) is 5.94. The SMILES string of the molecule is [N-]=[N+]=N[C@H]1[C@@H](OC(=O)C(Cl)(Cl)Cl)O[C@@H]2COC(c3ccccc3)O[C@H]2[C@@H]1OCc1ccccc1. The van der Waals surface area contributed by atoms with Gasteiger partial charge in [0.05, 0.1) is 13.2 Å². The first-order valence-electron chi connectivity index (χ1n) is 10.3. The quantitative estimate of drug-likeness (QED) is 0.171. The van der Waals surface area contributed by atoms with Crippen LogP contribution in [0.3, 0.4) is 0 Å². The molecular weight excluding hydrogens is 509 g/mol. The Morgan fingerprint density at radius 2 is 1.76 bits per heavy atom. The molecule has 0 radical (unpaired) electrons. The van der Waals surface area contributed by atoms with Gasteiger partial charge in [0.2, 0.25) is 6.29 Å². The average molecular weight is 529 g/mol. The molecule has 2 aromatic carbocycles. The second-order valence-electron chi connectivity index (χ2n) is 7.58. The standard InChI is InChI=1S/C22H20Cl3N3O6/c23-22(24,25)21(29)34-20-16(27-28-26)18(30-11-13-7-3-1-4-8-13)17-15(32-20)12-31-19(33-17)14-9-5-2-6-10-14/h1-10,15-20H,11-12H2/t15-,16-,17-,18-,19?,20-/m1/s1. The summed E-state index contributed by atoms with van der Waals surface area (Å²) in [7, 11) is 0. The molecule has 2 aliphatic heterocycles. The first-order valence-corrected chi connectivity index (χ1v) is 11.4. The van der Waals surface area contributed by atoms with E-state index < -0.39 is 46.7 Å². The number of hydrogen-bond acceptors (Lipinski definition) is 7. The average Bonchev–Trinajstić information content (AvgIpc) is 2.84. The monoisotopic (exact) mass is 527 g/mol. The Labute approximate surface area is 210 Å². The summed E-state index contributed by atoms with van der Waals surface area (Å²) < 4.78 is 27.0. The maximum Gasteiger partial charge on any atom is 0.360 e. The summed E-state index contributed by atoms with van der Waals surface area (Å²) in [5, 5.41) is 3.79. The van der Waals surface area contributed by atoms with E-state index in [-0.39, 0.29) is 13.2 Å². The maximum absolute atomic E-state index is 12.2. The van der Waals surface area contributed by atoms with Crippen LogP contribution >= 0.6 is 34.8 Å². The molecule has 0 N–H and O–H groups in total. The number of fused-ring (bicyclic) bond motifs is 1. The van der Waals surface area contributed by atoms with Crippen LogP contribution in [0.4, 0.5) is 0 Å². The van der Waals surface area contributed by atoms with Gasteiger partial charge in [-0.15, -0.1) is 0 Å². The number of carbonyl (C=O) groups excluding carboxylic acids is 1. The Morgan fingerprint density at radius 1 is 1.09 bits per heavy atom. The molecule has 180 valence electrons. The molecule has 0 bridgehead atoms. The van der Waals surface area contributed by atoms with E-state index in [0.29, 0.717) is 0 Å². The van der Waals surface area contributed by atoms with Gasteiger partial charge in [0.1, 0.15) is 24.4 Å². The lowest BCUT2D eigenvalue weighted by Crippen LogP contribution is -2.62. The number of nitrogens with zero attached hydrogens (tertiary/aromatic N) is 3. The van der Waals surface area contributed by atoms with Crippen LogP contribution in [0.1, 0.15) is 17.4 Å². The molecule has 2 aliphatic rings. The van der Waals surface area contributed by atoms with Gasteiger partial charge in [0, 0.05) is 10.5 Å². The number of halogens is 3. The fraction of sp³-hybridized carbons (Fsp3) is 0.409. The summed E-state index contributed by atoms with van der Waals surface area (Å²) in [5.74, 6) is -1.18. The van der Waals surface area contributed by atoms with Crippen LogP contribution in [-0.2, 0) is 35.1 Å². The zero-order valence-corrected chi connectivity index (χ0v) is 19.8. The van der Waals surface area contributed by atoms with Gasteiger partial charge in [0.25, 0.3) is 3.79 Å². The van der Waals surface area contributed by atoms with E-state index in [0.717, 1.165) is 11.1 Å². The molecule has 0 spiro atoms. The van der Waals surface area contributed by atoms with E-state index in [1.54, 1.807) is 0 Å². The maximum atomic E-state index is 12.2. The zero-order chi connectivity index (χ0) is 24.1. The molecule has 12 heteroatoms. The lowest BCUT2D eigenvalue weighted by atomic mass is 9.96. The molecule has 0 aliphatic carbocycles. The Hall–Kier alpha value is -2.07. The van der Waals surface area contributed by atoms with Crippen molar-refractivity contribution in [2.75, 3.05) is 6.61 Å². The number of alkyl halides is 3. The molecule has 1 unspecified atom stereocenters. The van der Waals surface area contributed by atoms with Crippen LogP contribution in [0.2, 0.25) is 0 Å². The first kappa shape index (κ1) is 25.0. The van der Waals surface area contributed by atoms with Crippen molar-refractivity contribution in [3.05, 3.63) is 82.2 Å². The Bertz CT molecular complexity index is 1020. The Balaban J connectivity index is 1.61. The molecule has 2 saturated heterocycles. The van der Waals surface area contributed by atoms with Crippen LogP contribution in [0.5, 0.6) is 0 Å². The van der Waals surface area contributed by atoms with Crippen molar-refractivity contribution in [2.24, 2.45) is 5.11 Å². The smallest absolute Gasteiger partial charge is 0.360 e. The highest BCUT2D eigenvalue weighted by molar-refractivity contribution is 6.75. The number of rotatable bonds is 6. The molecule has 0 amide bonds. The summed E-state index contributed by atoms with van der Waals surface area (Å²) in [5.41, 5.74) is 10.9. The summed E-state index contributed by atoms with van der Waals surface area (Å²) >= 11 is 16.9. The fourth-order valence-corrected chi connectivity index (χ4v) is 3.88. The second kappa shape index (κ2) is 11.1. The van der Waals surface area contributed by atoms with Gasteiger partial charge in [-0.2, -0.15) is 0 Å². The highest BCUT2D eigenvalue weighted by atomic mass is 35.6. The summed E-state index contributed by atoms with van der Waals surface area (Å²) in [6, 6.07) is 17.6. The van der Waals surface area contributed by atoms with Crippen LogP contribution in [-0.4, -0.2) is 47.0 Å². The molecule has 34 heavy (non-hydrogen) atoms. The van der Waals surface area contributed by atoms with Crippen molar-refractivity contribution < 1.29 is 28.5 Å². The summed E-state index contributed by atoms with van der Waals surface area (Å²) in [6.07, 6.45) is -4.36. The molecule has 2 heterocycles. The molecule has 9 nitrogen and oxygen atoms in total. The molecule has 2 aromatic rings. The van der Waals surface area contributed by atoms with E-state index in [1.807, 2.05) is 60.7 Å². The van der Waals surface area contributed by atoms with Crippen molar-refractivity contribution in [2.45, 2.75) is 47.3 Å². The minimum absolute atomic E-state index is 0.0975. The molecule has 0 saturated carbocycles. The van der Waals surface area contributed by atoms with Crippen LogP contribution in [0, 0.1) is 0 Å². The van der Waals surface area contributed by atoms with Gasteiger partial charge in [-0.25, -0.2) is 4.79 Å².